The number of carbonyl (C=O) groups is 1. The Balaban J connectivity index is 1.76. The highest BCUT2D eigenvalue weighted by Crippen LogP contribution is 2.26. The maximum Gasteiger partial charge on any atom is 0.262 e. The Hall–Kier alpha value is -3.43. The molecule has 0 saturated carbocycles. The number of para-hydroxylation sites is 2. The summed E-state index contributed by atoms with van der Waals surface area (Å²) in [4.78, 5) is 14.6. The van der Waals surface area contributed by atoms with Gasteiger partial charge in [-0.1, -0.05) is 30.3 Å². The molecule has 1 amide bonds. The molecule has 174 valence electrons. The van der Waals surface area contributed by atoms with Crippen molar-refractivity contribution in [2.75, 3.05) is 32.5 Å². The van der Waals surface area contributed by atoms with E-state index in [2.05, 4.69) is 10.0 Å². The smallest absolute Gasteiger partial charge is 0.262 e. The first-order valence-electron chi connectivity index (χ1n) is 10.2. The topological polar surface area (TPSA) is 87.7 Å². The maximum atomic E-state index is 13.6. The van der Waals surface area contributed by atoms with Crippen molar-refractivity contribution in [3.63, 3.8) is 0 Å². The van der Waals surface area contributed by atoms with Crippen molar-refractivity contribution in [3.8, 4) is 5.75 Å². The first-order valence-corrected chi connectivity index (χ1v) is 11.7. The van der Waals surface area contributed by atoms with E-state index in [4.69, 9.17) is 4.74 Å². The number of carbonyl (C=O) groups excluding carboxylic acids is 1. The third-order valence-corrected chi connectivity index (χ3v) is 6.43. The lowest BCUT2D eigenvalue weighted by atomic mass is 10.1. The van der Waals surface area contributed by atoms with E-state index < -0.39 is 15.9 Å². The van der Waals surface area contributed by atoms with Crippen LogP contribution in [0.5, 0.6) is 5.75 Å². The van der Waals surface area contributed by atoms with Gasteiger partial charge in [0.05, 0.1) is 23.7 Å². The Kier molecular flexibility index (Phi) is 7.67. The first-order chi connectivity index (χ1) is 15.7. The molecule has 2 N–H and O–H groups in total. The summed E-state index contributed by atoms with van der Waals surface area (Å²) in [6.45, 7) is 0.214. The second kappa shape index (κ2) is 10.5. The van der Waals surface area contributed by atoms with Gasteiger partial charge in [-0.15, -0.1) is 0 Å². The van der Waals surface area contributed by atoms with Crippen LogP contribution in [-0.4, -0.2) is 47.0 Å². The predicted molar refractivity (Wildman–Crippen MR) is 125 cm³/mol. The number of nitrogens with one attached hydrogen (secondary N) is 2. The zero-order valence-electron chi connectivity index (χ0n) is 18.6. The van der Waals surface area contributed by atoms with Crippen LogP contribution in [0.2, 0.25) is 0 Å². The van der Waals surface area contributed by atoms with Crippen LogP contribution in [0.15, 0.2) is 77.7 Å². The molecule has 0 unspecified atom stereocenters. The van der Waals surface area contributed by atoms with Gasteiger partial charge in [-0.25, -0.2) is 12.8 Å². The minimum Gasteiger partial charge on any atom is -0.495 e. The summed E-state index contributed by atoms with van der Waals surface area (Å²) in [5.74, 6) is -0.416. The number of amides is 1. The normalized spacial score (nSPS) is 12.3. The van der Waals surface area contributed by atoms with Crippen molar-refractivity contribution >= 4 is 21.6 Å². The molecule has 3 rings (SSSR count). The monoisotopic (exact) mass is 471 g/mol. The molecule has 7 nitrogen and oxygen atoms in total. The van der Waals surface area contributed by atoms with Crippen LogP contribution in [0, 0.1) is 5.82 Å². The van der Waals surface area contributed by atoms with Crippen molar-refractivity contribution in [2.24, 2.45) is 0 Å². The number of halogens is 1. The predicted octanol–water partition coefficient (Wildman–Crippen LogP) is 3.67. The molecule has 0 radical (unpaired) electrons. The minimum atomic E-state index is -3.95. The molecule has 0 spiro atoms. The van der Waals surface area contributed by atoms with Gasteiger partial charge in [0, 0.05) is 12.1 Å². The molecule has 0 aromatic heterocycles. The molecule has 0 aliphatic carbocycles. The average molecular weight is 472 g/mol. The number of likely N-dealkylation sites (N-methyl/N-ethyl adjacent to an activating group) is 1. The molecular weight excluding hydrogens is 445 g/mol. The van der Waals surface area contributed by atoms with Gasteiger partial charge in [-0.3, -0.25) is 9.52 Å². The minimum absolute atomic E-state index is 0.0599. The van der Waals surface area contributed by atoms with E-state index in [0.717, 1.165) is 5.56 Å². The van der Waals surface area contributed by atoms with E-state index in [1.54, 1.807) is 36.4 Å². The summed E-state index contributed by atoms with van der Waals surface area (Å²) in [5.41, 5.74) is 1.20. The Morgan fingerprint density at radius 2 is 1.76 bits per heavy atom. The molecule has 0 aliphatic heterocycles. The van der Waals surface area contributed by atoms with Crippen LogP contribution in [0.4, 0.5) is 10.1 Å². The van der Waals surface area contributed by atoms with Crippen molar-refractivity contribution in [1.29, 1.82) is 0 Å². The zero-order valence-corrected chi connectivity index (χ0v) is 19.4. The molecule has 3 aromatic rings. The zero-order chi connectivity index (χ0) is 24.0. The highest BCUT2D eigenvalue weighted by atomic mass is 32.2. The van der Waals surface area contributed by atoms with Crippen molar-refractivity contribution in [2.45, 2.75) is 10.9 Å². The highest BCUT2D eigenvalue weighted by Gasteiger charge is 2.20. The van der Waals surface area contributed by atoms with Gasteiger partial charge >= 0.3 is 0 Å². The lowest BCUT2D eigenvalue weighted by Gasteiger charge is -2.25. The Morgan fingerprint density at radius 1 is 1.03 bits per heavy atom. The number of hydrogen-bond donors (Lipinski definition) is 2. The van der Waals surface area contributed by atoms with Crippen LogP contribution in [-0.2, 0) is 10.0 Å². The van der Waals surface area contributed by atoms with Crippen LogP contribution in [0.1, 0.15) is 22.0 Å². The number of hydrogen-bond acceptors (Lipinski definition) is 5. The molecule has 0 saturated heterocycles. The molecule has 33 heavy (non-hydrogen) atoms. The number of sulfonamides is 1. The van der Waals surface area contributed by atoms with Crippen molar-refractivity contribution < 1.29 is 22.3 Å². The largest absolute Gasteiger partial charge is 0.495 e. The van der Waals surface area contributed by atoms with Crippen LogP contribution < -0.4 is 14.8 Å². The third-order valence-electron chi connectivity index (χ3n) is 5.07. The van der Waals surface area contributed by atoms with Gasteiger partial charge in [-0.2, -0.15) is 0 Å². The quantitative estimate of drug-likeness (QED) is 0.497. The SMILES string of the molecule is COc1ccccc1NS(=O)(=O)c1cccc(C(=O)NC[C@@H](c2cccc(F)c2)N(C)C)c1. The van der Waals surface area contributed by atoms with Crippen LogP contribution in [0.3, 0.4) is 0 Å². The van der Waals surface area contributed by atoms with Crippen molar-refractivity contribution in [3.05, 3.63) is 89.7 Å². The van der Waals surface area contributed by atoms with E-state index in [-0.39, 0.29) is 28.9 Å². The molecule has 0 fully saturated rings. The van der Waals surface area contributed by atoms with Gasteiger partial charge in [-0.05, 0) is 62.1 Å². The Bertz CT molecular complexity index is 1230. The molecule has 0 heterocycles. The highest BCUT2D eigenvalue weighted by molar-refractivity contribution is 7.92. The van der Waals surface area contributed by atoms with Gasteiger partial charge in [0.2, 0.25) is 0 Å². The average Bonchev–Trinajstić information content (AvgIpc) is 2.79. The van der Waals surface area contributed by atoms with E-state index in [9.17, 15) is 17.6 Å². The molecule has 1 atom stereocenters. The fourth-order valence-electron chi connectivity index (χ4n) is 3.34. The summed E-state index contributed by atoms with van der Waals surface area (Å²) >= 11 is 0. The van der Waals surface area contributed by atoms with Crippen LogP contribution in [0.25, 0.3) is 0 Å². The number of ether oxygens (including phenoxy) is 1. The fourth-order valence-corrected chi connectivity index (χ4v) is 4.46. The fraction of sp³-hybridized carbons (Fsp3) is 0.208. The number of benzene rings is 3. The summed E-state index contributed by atoms with van der Waals surface area (Å²) in [6, 6.07) is 18.3. The second-order valence-corrected chi connectivity index (χ2v) is 9.26. The number of nitrogens with zero attached hydrogens (tertiary/aromatic N) is 1. The lowest BCUT2D eigenvalue weighted by Crippen LogP contribution is -2.34. The van der Waals surface area contributed by atoms with Crippen molar-refractivity contribution in [1.82, 2.24) is 10.2 Å². The standard InChI is InChI=1S/C24H26FN3O4S/c1-28(2)22(17-8-6-10-19(25)14-17)16-26-24(29)18-9-7-11-20(15-18)33(30,31)27-21-12-4-5-13-23(21)32-3/h4-15,22,27H,16H2,1-3H3,(H,26,29)/t22-/m0/s1. The van der Waals surface area contributed by atoms with E-state index in [0.29, 0.717) is 11.4 Å². The van der Waals surface area contributed by atoms with Crippen LogP contribution >= 0.6 is 0 Å². The van der Waals surface area contributed by atoms with Gasteiger partial charge in [0.15, 0.2) is 0 Å². The lowest BCUT2D eigenvalue weighted by molar-refractivity contribution is 0.0941. The number of anilines is 1. The molecular formula is C24H26FN3O4S. The number of methoxy groups -OCH3 is 1. The summed E-state index contributed by atoms with van der Waals surface area (Å²) in [5, 5.41) is 2.81. The molecule has 0 bridgehead atoms. The maximum absolute atomic E-state index is 13.6. The summed E-state index contributed by atoms with van der Waals surface area (Å²) in [6.07, 6.45) is 0. The van der Waals surface area contributed by atoms with E-state index in [1.165, 1.54) is 43.5 Å². The first kappa shape index (κ1) is 24.2. The molecule has 3 aromatic carbocycles. The second-order valence-electron chi connectivity index (χ2n) is 7.58. The van der Waals surface area contributed by atoms with Gasteiger partial charge in [0.1, 0.15) is 11.6 Å². The number of rotatable bonds is 9. The molecule has 0 aliphatic rings. The molecule has 9 heteroatoms. The van der Waals surface area contributed by atoms with Gasteiger partial charge in [0.25, 0.3) is 15.9 Å². The van der Waals surface area contributed by atoms with E-state index in [1.807, 2.05) is 19.0 Å². The summed E-state index contributed by atoms with van der Waals surface area (Å²) in [7, 11) is 1.16. The Labute approximate surface area is 193 Å². The van der Waals surface area contributed by atoms with E-state index >= 15 is 0 Å². The Morgan fingerprint density at radius 3 is 2.45 bits per heavy atom. The third kappa shape index (κ3) is 6.09. The van der Waals surface area contributed by atoms with Gasteiger partial charge < -0.3 is 15.0 Å². The summed E-state index contributed by atoms with van der Waals surface area (Å²) < 4.78 is 47.1.